The molecule has 0 spiro atoms. The average molecular weight is 346 g/mol. The lowest BCUT2D eigenvalue weighted by Gasteiger charge is -2.10. The summed E-state index contributed by atoms with van der Waals surface area (Å²) in [5.41, 5.74) is 1.15. The zero-order chi connectivity index (χ0) is 18.2. The molecular weight excluding hydrogens is 324 g/mol. The summed E-state index contributed by atoms with van der Waals surface area (Å²) < 4.78 is 15.4. The molecule has 0 saturated heterocycles. The summed E-state index contributed by atoms with van der Waals surface area (Å²) in [4.78, 5) is 27.8. The number of nitrogens with one attached hydrogen (secondary N) is 1. The highest BCUT2D eigenvalue weighted by Crippen LogP contribution is 2.31. The Bertz CT molecular complexity index is 760. The van der Waals surface area contributed by atoms with Crippen molar-refractivity contribution in [2.45, 2.75) is 19.8 Å². The quantitative estimate of drug-likeness (QED) is 0.583. The Balaban J connectivity index is 2.02. The summed E-state index contributed by atoms with van der Waals surface area (Å²) in [7, 11) is 3.11. The fourth-order valence-corrected chi connectivity index (χ4v) is 2.35. The van der Waals surface area contributed by atoms with Crippen LogP contribution in [-0.2, 0) is 9.53 Å². The minimum atomic E-state index is -0.259. The van der Waals surface area contributed by atoms with Gasteiger partial charge in [-0.2, -0.15) is 0 Å². The van der Waals surface area contributed by atoms with E-state index in [2.05, 4.69) is 10.3 Å². The topological polar surface area (TPSA) is 86.8 Å². The number of fused-ring (bicyclic) bond motifs is 1. The predicted molar refractivity (Wildman–Crippen MR) is 93.0 cm³/mol. The van der Waals surface area contributed by atoms with Crippen molar-refractivity contribution in [2.75, 3.05) is 27.4 Å². The van der Waals surface area contributed by atoms with Crippen molar-refractivity contribution in [3.63, 3.8) is 0 Å². The van der Waals surface area contributed by atoms with Crippen LogP contribution in [0, 0.1) is 0 Å². The fraction of sp³-hybridized carbons (Fsp3) is 0.389. The van der Waals surface area contributed by atoms with Gasteiger partial charge in [0.15, 0.2) is 11.5 Å². The summed E-state index contributed by atoms with van der Waals surface area (Å²) >= 11 is 0. The standard InChI is InChI=1S/C18H22N2O5/c1-4-25-17(21)6-5-7-19-18(22)13-8-12-9-15(23-2)16(24-3)10-14(12)20-11-13/h8-11H,4-7H2,1-3H3,(H,19,22). The number of hydrogen-bond donors (Lipinski definition) is 1. The third kappa shape index (κ3) is 4.82. The van der Waals surface area contributed by atoms with Gasteiger partial charge in [-0.3, -0.25) is 14.6 Å². The van der Waals surface area contributed by atoms with Crippen LogP contribution in [0.5, 0.6) is 11.5 Å². The first-order valence-electron chi connectivity index (χ1n) is 8.04. The first-order chi connectivity index (χ1) is 12.1. The number of amides is 1. The zero-order valence-electron chi connectivity index (χ0n) is 14.6. The summed E-state index contributed by atoms with van der Waals surface area (Å²) in [5.74, 6) is 0.653. The molecule has 0 radical (unpaired) electrons. The summed E-state index contributed by atoms with van der Waals surface area (Å²) in [5, 5.41) is 3.54. The fourth-order valence-electron chi connectivity index (χ4n) is 2.35. The molecule has 1 N–H and O–H groups in total. The van der Waals surface area contributed by atoms with Crippen molar-refractivity contribution in [3.8, 4) is 11.5 Å². The van der Waals surface area contributed by atoms with Crippen LogP contribution in [0.3, 0.4) is 0 Å². The van der Waals surface area contributed by atoms with E-state index in [0.717, 1.165) is 5.39 Å². The summed E-state index contributed by atoms with van der Waals surface area (Å²) in [6.07, 6.45) is 2.31. The molecule has 7 heteroatoms. The molecule has 0 aliphatic heterocycles. The average Bonchev–Trinajstić information content (AvgIpc) is 2.63. The van der Waals surface area contributed by atoms with Crippen LogP contribution in [-0.4, -0.2) is 44.2 Å². The molecular formula is C18H22N2O5. The molecule has 25 heavy (non-hydrogen) atoms. The van der Waals surface area contributed by atoms with E-state index in [-0.39, 0.29) is 18.3 Å². The van der Waals surface area contributed by atoms with Crippen LogP contribution in [0.1, 0.15) is 30.1 Å². The number of rotatable bonds is 8. The van der Waals surface area contributed by atoms with Gasteiger partial charge in [0.1, 0.15) is 0 Å². The number of benzene rings is 1. The van der Waals surface area contributed by atoms with Crippen LogP contribution in [0.25, 0.3) is 10.9 Å². The molecule has 0 unspecified atom stereocenters. The first kappa shape index (κ1) is 18.5. The maximum absolute atomic E-state index is 12.2. The molecule has 2 aromatic rings. The van der Waals surface area contributed by atoms with Crippen LogP contribution < -0.4 is 14.8 Å². The molecule has 1 aromatic heterocycles. The summed E-state index contributed by atoms with van der Waals surface area (Å²) in [6, 6.07) is 5.28. The summed E-state index contributed by atoms with van der Waals surface area (Å²) in [6.45, 7) is 2.51. The van der Waals surface area contributed by atoms with Crippen molar-refractivity contribution >= 4 is 22.8 Å². The highest BCUT2D eigenvalue weighted by Gasteiger charge is 2.11. The van der Waals surface area contributed by atoms with Gasteiger partial charge in [0.2, 0.25) is 0 Å². The molecule has 0 fully saturated rings. The Morgan fingerprint density at radius 3 is 2.52 bits per heavy atom. The van der Waals surface area contributed by atoms with Gasteiger partial charge >= 0.3 is 5.97 Å². The van der Waals surface area contributed by atoms with E-state index in [0.29, 0.717) is 42.2 Å². The lowest BCUT2D eigenvalue weighted by Crippen LogP contribution is -2.25. The van der Waals surface area contributed by atoms with Crippen molar-refractivity contribution in [2.24, 2.45) is 0 Å². The van der Waals surface area contributed by atoms with Gasteiger partial charge in [-0.15, -0.1) is 0 Å². The zero-order valence-corrected chi connectivity index (χ0v) is 14.6. The molecule has 0 bridgehead atoms. The highest BCUT2D eigenvalue weighted by molar-refractivity contribution is 5.97. The normalized spacial score (nSPS) is 10.4. The lowest BCUT2D eigenvalue weighted by atomic mass is 10.1. The van der Waals surface area contributed by atoms with Gasteiger partial charge in [-0.1, -0.05) is 0 Å². The Hall–Kier alpha value is -2.83. The molecule has 1 aromatic carbocycles. The number of ether oxygens (including phenoxy) is 3. The molecule has 0 atom stereocenters. The second kappa shape index (κ2) is 8.86. The van der Waals surface area contributed by atoms with Crippen molar-refractivity contribution in [3.05, 3.63) is 30.0 Å². The number of aromatic nitrogens is 1. The van der Waals surface area contributed by atoms with Crippen molar-refractivity contribution < 1.29 is 23.8 Å². The van der Waals surface area contributed by atoms with E-state index in [1.165, 1.54) is 6.20 Å². The Kier molecular flexibility index (Phi) is 6.56. The van der Waals surface area contributed by atoms with Crippen LogP contribution in [0.2, 0.25) is 0 Å². The number of nitrogens with zero attached hydrogens (tertiary/aromatic N) is 1. The van der Waals surface area contributed by atoms with Crippen LogP contribution in [0.15, 0.2) is 24.4 Å². The van der Waals surface area contributed by atoms with Crippen molar-refractivity contribution in [1.82, 2.24) is 10.3 Å². The predicted octanol–water partition coefficient (Wildman–Crippen LogP) is 2.33. The smallest absolute Gasteiger partial charge is 0.305 e. The number of carbonyl (C=O) groups is 2. The number of methoxy groups -OCH3 is 2. The second-order valence-corrected chi connectivity index (χ2v) is 5.29. The Morgan fingerprint density at radius 2 is 1.84 bits per heavy atom. The third-order valence-corrected chi connectivity index (χ3v) is 3.60. The molecule has 134 valence electrons. The Morgan fingerprint density at radius 1 is 1.12 bits per heavy atom. The van der Waals surface area contributed by atoms with Gasteiger partial charge < -0.3 is 19.5 Å². The van der Waals surface area contributed by atoms with E-state index < -0.39 is 0 Å². The van der Waals surface area contributed by atoms with E-state index in [4.69, 9.17) is 14.2 Å². The molecule has 1 amide bonds. The van der Waals surface area contributed by atoms with Crippen LogP contribution in [0.4, 0.5) is 0 Å². The highest BCUT2D eigenvalue weighted by atomic mass is 16.5. The van der Waals surface area contributed by atoms with Gasteiger partial charge in [-0.05, 0) is 25.5 Å². The van der Waals surface area contributed by atoms with Gasteiger partial charge in [0.05, 0.1) is 31.9 Å². The molecule has 0 aliphatic carbocycles. The molecule has 0 aliphatic rings. The Labute approximate surface area is 146 Å². The minimum absolute atomic E-state index is 0.243. The van der Waals surface area contributed by atoms with Gasteiger partial charge in [0, 0.05) is 30.6 Å². The first-order valence-corrected chi connectivity index (χ1v) is 8.04. The van der Waals surface area contributed by atoms with E-state index >= 15 is 0 Å². The van der Waals surface area contributed by atoms with E-state index in [1.807, 2.05) is 0 Å². The second-order valence-electron chi connectivity index (χ2n) is 5.29. The number of carbonyl (C=O) groups excluding carboxylic acids is 2. The molecule has 0 saturated carbocycles. The molecule has 1 heterocycles. The number of esters is 1. The largest absolute Gasteiger partial charge is 0.493 e. The monoisotopic (exact) mass is 346 g/mol. The van der Waals surface area contributed by atoms with Crippen molar-refractivity contribution in [1.29, 1.82) is 0 Å². The molecule has 2 rings (SSSR count). The third-order valence-electron chi connectivity index (χ3n) is 3.60. The van der Waals surface area contributed by atoms with Crippen LogP contribution >= 0.6 is 0 Å². The number of pyridine rings is 1. The van der Waals surface area contributed by atoms with E-state index in [9.17, 15) is 9.59 Å². The maximum Gasteiger partial charge on any atom is 0.305 e. The van der Waals surface area contributed by atoms with Gasteiger partial charge in [0.25, 0.3) is 5.91 Å². The van der Waals surface area contributed by atoms with E-state index in [1.54, 1.807) is 39.3 Å². The SMILES string of the molecule is CCOC(=O)CCCNC(=O)c1cnc2cc(OC)c(OC)cc2c1. The maximum atomic E-state index is 12.2. The lowest BCUT2D eigenvalue weighted by molar-refractivity contribution is -0.143. The minimum Gasteiger partial charge on any atom is -0.493 e. The molecule has 7 nitrogen and oxygen atoms in total. The van der Waals surface area contributed by atoms with Gasteiger partial charge in [-0.25, -0.2) is 0 Å². The number of hydrogen-bond acceptors (Lipinski definition) is 6.